The summed E-state index contributed by atoms with van der Waals surface area (Å²) in [5.41, 5.74) is 2.77. The molecular weight excluding hydrogens is 260 g/mol. The SMILES string of the molecule is C[C@H]1CN(c2ncnc3scnc23)C[C@H](C2CC2)O1. The number of nitrogens with zero attached hydrogens (tertiary/aromatic N) is 4. The fraction of sp³-hybridized carbons (Fsp3) is 0.615. The summed E-state index contributed by atoms with van der Waals surface area (Å²) in [7, 11) is 0. The first-order chi connectivity index (χ1) is 9.31. The molecule has 0 radical (unpaired) electrons. The summed E-state index contributed by atoms with van der Waals surface area (Å²) < 4.78 is 6.05. The number of hydrogen-bond donors (Lipinski definition) is 0. The Balaban J connectivity index is 1.68. The van der Waals surface area contributed by atoms with E-state index in [9.17, 15) is 0 Å². The average Bonchev–Trinajstić information content (AvgIpc) is 3.15. The van der Waals surface area contributed by atoms with E-state index in [1.165, 1.54) is 12.8 Å². The lowest BCUT2D eigenvalue weighted by Crippen LogP contribution is -2.48. The van der Waals surface area contributed by atoms with Gasteiger partial charge in [-0.2, -0.15) is 0 Å². The lowest BCUT2D eigenvalue weighted by atomic mass is 10.1. The van der Waals surface area contributed by atoms with Crippen molar-refractivity contribution in [2.45, 2.75) is 32.0 Å². The number of ether oxygens (including phenoxy) is 1. The fourth-order valence-electron chi connectivity index (χ4n) is 2.80. The van der Waals surface area contributed by atoms with Gasteiger partial charge >= 0.3 is 0 Å². The van der Waals surface area contributed by atoms with Crippen molar-refractivity contribution in [3.8, 4) is 0 Å². The van der Waals surface area contributed by atoms with E-state index in [1.54, 1.807) is 17.7 Å². The first-order valence-electron chi connectivity index (χ1n) is 6.76. The molecule has 2 atom stereocenters. The zero-order chi connectivity index (χ0) is 12.8. The minimum atomic E-state index is 0.253. The highest BCUT2D eigenvalue weighted by Crippen LogP contribution is 2.38. The standard InChI is InChI=1S/C13H16N4OS/c1-8-4-17(5-10(18-8)9-2-3-9)12-11-13(15-6-14-12)19-7-16-11/h6-10H,2-5H2,1H3/t8-,10+/m0/s1. The molecule has 2 aromatic rings. The van der Waals surface area contributed by atoms with Crippen LogP contribution in [0.5, 0.6) is 0 Å². The maximum atomic E-state index is 6.05. The van der Waals surface area contributed by atoms with Gasteiger partial charge < -0.3 is 9.64 Å². The van der Waals surface area contributed by atoms with Crippen LogP contribution in [-0.4, -0.2) is 40.2 Å². The second-order valence-electron chi connectivity index (χ2n) is 5.43. The third kappa shape index (κ3) is 2.08. The Bertz CT molecular complexity index is 597. The fourth-order valence-corrected chi connectivity index (χ4v) is 3.42. The second kappa shape index (κ2) is 4.38. The Kier molecular flexibility index (Phi) is 2.66. The zero-order valence-electron chi connectivity index (χ0n) is 10.8. The molecule has 2 aromatic heterocycles. The molecule has 2 fully saturated rings. The van der Waals surface area contributed by atoms with Crippen LogP contribution in [0.1, 0.15) is 19.8 Å². The number of fused-ring (bicyclic) bond motifs is 1. The molecule has 4 rings (SSSR count). The van der Waals surface area contributed by atoms with Crippen LogP contribution in [0.3, 0.4) is 0 Å². The highest BCUT2D eigenvalue weighted by molar-refractivity contribution is 7.16. The lowest BCUT2D eigenvalue weighted by Gasteiger charge is -2.37. The van der Waals surface area contributed by atoms with Crippen molar-refractivity contribution in [2.24, 2.45) is 5.92 Å². The number of rotatable bonds is 2. The molecule has 6 heteroatoms. The Morgan fingerprint density at radius 1 is 1.26 bits per heavy atom. The van der Waals surface area contributed by atoms with Gasteiger partial charge in [-0.15, -0.1) is 11.3 Å². The molecule has 1 aliphatic carbocycles. The van der Waals surface area contributed by atoms with E-state index in [2.05, 4.69) is 26.8 Å². The molecule has 1 aliphatic heterocycles. The van der Waals surface area contributed by atoms with Crippen LogP contribution in [0.25, 0.3) is 10.3 Å². The summed E-state index contributed by atoms with van der Waals surface area (Å²) in [5, 5.41) is 0. The van der Waals surface area contributed by atoms with Gasteiger partial charge in [-0.1, -0.05) is 0 Å². The van der Waals surface area contributed by atoms with Crippen LogP contribution < -0.4 is 4.90 Å². The maximum absolute atomic E-state index is 6.05. The van der Waals surface area contributed by atoms with E-state index in [4.69, 9.17) is 4.74 Å². The van der Waals surface area contributed by atoms with Crippen LogP contribution in [0.2, 0.25) is 0 Å². The minimum Gasteiger partial charge on any atom is -0.371 e. The van der Waals surface area contributed by atoms with Crippen LogP contribution in [0.4, 0.5) is 5.82 Å². The van der Waals surface area contributed by atoms with E-state index >= 15 is 0 Å². The third-order valence-electron chi connectivity index (χ3n) is 3.85. The predicted molar refractivity (Wildman–Crippen MR) is 74.5 cm³/mol. The summed E-state index contributed by atoms with van der Waals surface area (Å²) in [5.74, 6) is 1.71. The Morgan fingerprint density at radius 2 is 2.16 bits per heavy atom. The molecule has 0 N–H and O–H groups in total. The first kappa shape index (κ1) is 11.5. The molecular formula is C13H16N4OS. The molecule has 1 saturated carbocycles. The quantitative estimate of drug-likeness (QED) is 0.840. The van der Waals surface area contributed by atoms with Crippen LogP contribution in [-0.2, 0) is 4.74 Å². The molecule has 0 amide bonds. The molecule has 5 nitrogen and oxygen atoms in total. The summed E-state index contributed by atoms with van der Waals surface area (Å²) in [6.07, 6.45) is 4.86. The zero-order valence-corrected chi connectivity index (χ0v) is 11.6. The normalized spacial score (nSPS) is 27.9. The topological polar surface area (TPSA) is 51.1 Å². The molecule has 0 bridgehead atoms. The molecule has 1 saturated heterocycles. The van der Waals surface area contributed by atoms with Gasteiger partial charge in [0.2, 0.25) is 0 Å². The van der Waals surface area contributed by atoms with Gasteiger partial charge in [-0.05, 0) is 25.7 Å². The average molecular weight is 276 g/mol. The van der Waals surface area contributed by atoms with Gasteiger partial charge in [0.25, 0.3) is 0 Å². The number of aromatic nitrogens is 3. The van der Waals surface area contributed by atoms with Crippen LogP contribution >= 0.6 is 11.3 Å². The van der Waals surface area contributed by atoms with Gasteiger partial charge in [0, 0.05) is 13.1 Å². The molecule has 2 aliphatic rings. The number of anilines is 1. The summed E-state index contributed by atoms with van der Waals surface area (Å²) in [6, 6.07) is 0. The van der Waals surface area contributed by atoms with E-state index in [1.807, 2.05) is 5.51 Å². The molecule has 0 unspecified atom stereocenters. The number of morpholine rings is 1. The van der Waals surface area contributed by atoms with Crippen molar-refractivity contribution in [3.05, 3.63) is 11.8 Å². The molecule has 19 heavy (non-hydrogen) atoms. The summed E-state index contributed by atoms with van der Waals surface area (Å²) in [4.78, 5) is 16.4. The van der Waals surface area contributed by atoms with Crippen molar-refractivity contribution < 1.29 is 4.74 Å². The Morgan fingerprint density at radius 3 is 3.00 bits per heavy atom. The maximum Gasteiger partial charge on any atom is 0.159 e. The van der Waals surface area contributed by atoms with E-state index in [0.29, 0.717) is 6.10 Å². The Hall–Kier alpha value is -1.27. The van der Waals surface area contributed by atoms with Crippen molar-refractivity contribution >= 4 is 27.5 Å². The predicted octanol–water partition coefficient (Wildman–Crippen LogP) is 2.09. The number of thiazole rings is 1. The van der Waals surface area contributed by atoms with Gasteiger partial charge in [0.05, 0.1) is 17.7 Å². The Labute approximate surface area is 115 Å². The molecule has 0 aromatic carbocycles. The summed E-state index contributed by atoms with van der Waals surface area (Å²) >= 11 is 1.57. The largest absolute Gasteiger partial charge is 0.371 e. The van der Waals surface area contributed by atoms with Gasteiger partial charge in [-0.25, -0.2) is 15.0 Å². The highest BCUT2D eigenvalue weighted by atomic mass is 32.1. The van der Waals surface area contributed by atoms with Crippen LogP contribution in [0.15, 0.2) is 11.8 Å². The summed E-state index contributed by atoms with van der Waals surface area (Å²) in [6.45, 7) is 3.95. The lowest BCUT2D eigenvalue weighted by molar-refractivity contribution is -0.0272. The molecule has 3 heterocycles. The van der Waals surface area contributed by atoms with E-state index in [0.717, 1.165) is 35.2 Å². The van der Waals surface area contributed by atoms with Gasteiger partial charge in [-0.3, -0.25) is 0 Å². The minimum absolute atomic E-state index is 0.253. The van der Waals surface area contributed by atoms with E-state index in [-0.39, 0.29) is 6.10 Å². The van der Waals surface area contributed by atoms with Crippen molar-refractivity contribution in [2.75, 3.05) is 18.0 Å². The second-order valence-corrected chi connectivity index (χ2v) is 6.26. The monoisotopic (exact) mass is 276 g/mol. The van der Waals surface area contributed by atoms with Crippen molar-refractivity contribution in [3.63, 3.8) is 0 Å². The number of hydrogen-bond acceptors (Lipinski definition) is 6. The van der Waals surface area contributed by atoms with E-state index < -0.39 is 0 Å². The van der Waals surface area contributed by atoms with Crippen molar-refractivity contribution in [1.82, 2.24) is 15.0 Å². The highest BCUT2D eigenvalue weighted by Gasteiger charge is 2.38. The molecule has 0 spiro atoms. The first-order valence-corrected chi connectivity index (χ1v) is 7.64. The van der Waals surface area contributed by atoms with Gasteiger partial charge in [0.1, 0.15) is 16.7 Å². The van der Waals surface area contributed by atoms with Crippen LogP contribution in [0, 0.1) is 5.92 Å². The van der Waals surface area contributed by atoms with Gasteiger partial charge in [0.15, 0.2) is 5.82 Å². The van der Waals surface area contributed by atoms with Crippen molar-refractivity contribution in [1.29, 1.82) is 0 Å². The smallest absolute Gasteiger partial charge is 0.159 e. The molecule has 100 valence electrons. The third-order valence-corrected chi connectivity index (χ3v) is 4.58.